The molecule has 0 spiro atoms. The van der Waals surface area contributed by atoms with E-state index in [1.807, 2.05) is 12.1 Å². The quantitative estimate of drug-likeness (QED) is 0.529. The van der Waals surface area contributed by atoms with Crippen LogP contribution in [0.1, 0.15) is 25.2 Å². The van der Waals surface area contributed by atoms with Crippen LogP contribution in [-0.4, -0.2) is 29.7 Å². The first-order chi connectivity index (χ1) is 14.2. The van der Waals surface area contributed by atoms with Gasteiger partial charge in [0, 0.05) is 17.3 Å². The number of H-pyrrole nitrogens is 1. The number of rotatable bonds is 5. The van der Waals surface area contributed by atoms with Gasteiger partial charge in [0.2, 0.25) is 0 Å². The molecule has 0 aliphatic rings. The molecule has 0 saturated carbocycles. The predicted octanol–water partition coefficient (Wildman–Crippen LogP) is 2.98. The van der Waals surface area contributed by atoms with Crippen LogP contribution in [0.4, 0.5) is 8.78 Å². The lowest BCUT2D eigenvalue weighted by Crippen LogP contribution is -2.29. The van der Waals surface area contributed by atoms with Gasteiger partial charge in [-0.2, -0.15) is 9.78 Å². The average Bonchev–Trinajstić information content (AvgIpc) is 3.34. The molecule has 9 heteroatoms. The first-order valence-corrected chi connectivity index (χ1v) is 9.20. The van der Waals surface area contributed by atoms with Crippen molar-refractivity contribution in [3.05, 3.63) is 88.4 Å². The van der Waals surface area contributed by atoms with E-state index in [4.69, 9.17) is 0 Å². The van der Waals surface area contributed by atoms with Crippen molar-refractivity contribution in [3.63, 3.8) is 0 Å². The summed E-state index contributed by atoms with van der Waals surface area (Å²) in [5.41, 5.74) is 0.175. The molecule has 2 aromatic carbocycles. The number of nitrogens with one attached hydrogen (secondary N) is 1. The van der Waals surface area contributed by atoms with E-state index in [-0.39, 0.29) is 17.9 Å². The number of aliphatic hydroxyl groups is 1. The number of aromatic amines is 1. The van der Waals surface area contributed by atoms with E-state index < -0.39 is 22.9 Å². The van der Waals surface area contributed by atoms with Crippen LogP contribution in [0.3, 0.4) is 0 Å². The smallest absolute Gasteiger partial charge is 0.351 e. The van der Waals surface area contributed by atoms with Crippen LogP contribution in [0.5, 0.6) is 0 Å². The fraction of sp³-hybridized carbons (Fsp3) is 0.190. The van der Waals surface area contributed by atoms with Crippen molar-refractivity contribution in [3.8, 4) is 16.8 Å². The predicted molar refractivity (Wildman–Crippen MR) is 106 cm³/mol. The van der Waals surface area contributed by atoms with E-state index in [1.165, 1.54) is 13.8 Å². The maximum atomic E-state index is 14.1. The van der Waals surface area contributed by atoms with Gasteiger partial charge in [0.25, 0.3) is 0 Å². The molecule has 2 heterocycles. The fourth-order valence-electron chi connectivity index (χ4n) is 3.20. The Morgan fingerprint density at radius 3 is 2.47 bits per heavy atom. The van der Waals surface area contributed by atoms with Gasteiger partial charge in [0.05, 0.1) is 18.4 Å². The van der Waals surface area contributed by atoms with Gasteiger partial charge < -0.3 is 5.11 Å². The molecule has 30 heavy (non-hydrogen) atoms. The Bertz CT molecular complexity index is 1240. The molecule has 0 aliphatic carbocycles. The zero-order valence-corrected chi connectivity index (χ0v) is 16.3. The third-order valence-corrected chi connectivity index (χ3v) is 4.69. The first kappa shape index (κ1) is 19.7. The zero-order valence-electron chi connectivity index (χ0n) is 16.3. The molecule has 7 nitrogen and oxygen atoms in total. The molecule has 0 bridgehead atoms. The minimum atomic E-state index is -1.48. The van der Waals surface area contributed by atoms with Crippen LogP contribution in [0.2, 0.25) is 0 Å². The highest BCUT2D eigenvalue weighted by Gasteiger charge is 2.27. The average molecular weight is 411 g/mol. The van der Waals surface area contributed by atoms with E-state index in [2.05, 4.69) is 15.3 Å². The SMILES string of the molecule is CC(C)(O)c1nn(-c2ccc(-c3cn[nH]c3)cc2)c(=O)n1Cc1cc(F)ccc1F. The summed E-state index contributed by atoms with van der Waals surface area (Å²) < 4.78 is 30.0. The van der Waals surface area contributed by atoms with Crippen molar-refractivity contribution < 1.29 is 13.9 Å². The monoisotopic (exact) mass is 411 g/mol. The van der Waals surface area contributed by atoms with Gasteiger partial charge in [0.15, 0.2) is 5.82 Å². The van der Waals surface area contributed by atoms with E-state index in [1.54, 1.807) is 24.5 Å². The number of nitrogens with zero attached hydrogens (tertiary/aromatic N) is 4. The summed E-state index contributed by atoms with van der Waals surface area (Å²) in [6, 6.07) is 10.0. The highest BCUT2D eigenvalue weighted by Crippen LogP contribution is 2.22. The van der Waals surface area contributed by atoms with Gasteiger partial charge in [-0.1, -0.05) is 12.1 Å². The normalized spacial score (nSPS) is 11.8. The minimum Gasteiger partial charge on any atom is -0.382 e. The summed E-state index contributed by atoms with van der Waals surface area (Å²) in [5.74, 6) is -1.23. The Balaban J connectivity index is 1.78. The van der Waals surface area contributed by atoms with Gasteiger partial charge in [-0.25, -0.2) is 13.6 Å². The molecule has 2 N–H and O–H groups in total. The van der Waals surface area contributed by atoms with Crippen molar-refractivity contribution >= 4 is 0 Å². The van der Waals surface area contributed by atoms with E-state index >= 15 is 0 Å². The van der Waals surface area contributed by atoms with Crippen LogP contribution in [0.25, 0.3) is 16.8 Å². The van der Waals surface area contributed by atoms with Crippen LogP contribution in [0.15, 0.2) is 59.7 Å². The molecule has 154 valence electrons. The minimum absolute atomic E-state index is 0.0162. The lowest BCUT2D eigenvalue weighted by Gasteiger charge is -2.17. The third kappa shape index (κ3) is 3.67. The van der Waals surface area contributed by atoms with Crippen molar-refractivity contribution in [2.75, 3.05) is 0 Å². The molecule has 0 fully saturated rings. The van der Waals surface area contributed by atoms with Crippen LogP contribution >= 0.6 is 0 Å². The molecule has 0 unspecified atom stereocenters. The van der Waals surface area contributed by atoms with Gasteiger partial charge >= 0.3 is 5.69 Å². The largest absolute Gasteiger partial charge is 0.382 e. The highest BCUT2D eigenvalue weighted by molar-refractivity contribution is 5.62. The molecule has 0 atom stereocenters. The van der Waals surface area contributed by atoms with Crippen molar-refractivity contribution in [1.29, 1.82) is 0 Å². The molecule has 0 radical (unpaired) electrons. The summed E-state index contributed by atoms with van der Waals surface area (Å²) in [4.78, 5) is 13.1. The molecule has 4 rings (SSSR count). The Morgan fingerprint density at radius 2 is 1.83 bits per heavy atom. The van der Waals surface area contributed by atoms with Gasteiger partial charge in [0.1, 0.15) is 17.2 Å². The molecule has 0 aliphatic heterocycles. The Labute approximate surface area is 170 Å². The summed E-state index contributed by atoms with van der Waals surface area (Å²) in [6.07, 6.45) is 3.42. The van der Waals surface area contributed by atoms with Gasteiger partial charge in [-0.15, -0.1) is 5.10 Å². The molecular formula is C21H19F2N5O2. The third-order valence-electron chi connectivity index (χ3n) is 4.69. The molecule has 2 aromatic heterocycles. The fourth-order valence-corrected chi connectivity index (χ4v) is 3.20. The zero-order chi connectivity index (χ0) is 21.5. The molecule has 0 saturated heterocycles. The topological polar surface area (TPSA) is 88.7 Å². The lowest BCUT2D eigenvalue weighted by atomic mass is 10.1. The lowest BCUT2D eigenvalue weighted by molar-refractivity contribution is 0.0643. The number of halogens is 2. The number of benzene rings is 2. The Kier molecular flexibility index (Phi) is 4.83. The second-order valence-electron chi connectivity index (χ2n) is 7.43. The van der Waals surface area contributed by atoms with Gasteiger partial charge in [-0.05, 0) is 49.7 Å². The highest BCUT2D eigenvalue weighted by atomic mass is 19.1. The summed E-state index contributed by atoms with van der Waals surface area (Å²) >= 11 is 0. The Hall–Kier alpha value is -3.59. The second-order valence-corrected chi connectivity index (χ2v) is 7.43. The van der Waals surface area contributed by atoms with Crippen molar-refractivity contribution in [1.82, 2.24) is 24.5 Å². The molecule has 4 aromatic rings. The van der Waals surface area contributed by atoms with Crippen molar-refractivity contribution in [2.45, 2.75) is 26.0 Å². The Morgan fingerprint density at radius 1 is 1.10 bits per heavy atom. The summed E-state index contributed by atoms with van der Waals surface area (Å²) in [5, 5.41) is 21.4. The first-order valence-electron chi connectivity index (χ1n) is 9.20. The van der Waals surface area contributed by atoms with E-state index in [0.717, 1.165) is 38.6 Å². The molecule has 0 amide bonds. The summed E-state index contributed by atoms with van der Waals surface area (Å²) in [6.45, 7) is 2.67. The van der Waals surface area contributed by atoms with Crippen molar-refractivity contribution in [2.24, 2.45) is 0 Å². The van der Waals surface area contributed by atoms with Crippen LogP contribution in [-0.2, 0) is 12.1 Å². The standard InChI is InChI=1S/C21H19F2N5O2/c1-21(2,30)19-26-28(17-6-3-13(4-7-17)15-10-24-25-11-15)20(29)27(19)12-14-9-16(22)5-8-18(14)23/h3-11,30H,12H2,1-2H3,(H,24,25). The maximum Gasteiger partial charge on any atom is 0.351 e. The van der Waals surface area contributed by atoms with Crippen LogP contribution in [0, 0.1) is 11.6 Å². The van der Waals surface area contributed by atoms with Crippen LogP contribution < -0.4 is 5.69 Å². The number of hydrogen-bond donors (Lipinski definition) is 2. The second kappa shape index (κ2) is 7.34. The van der Waals surface area contributed by atoms with E-state index in [0.29, 0.717) is 5.69 Å². The number of hydrogen-bond acceptors (Lipinski definition) is 4. The maximum absolute atomic E-state index is 14.1. The molecular weight excluding hydrogens is 392 g/mol. The van der Waals surface area contributed by atoms with Gasteiger partial charge in [-0.3, -0.25) is 9.67 Å². The van der Waals surface area contributed by atoms with E-state index in [9.17, 15) is 18.7 Å². The number of aromatic nitrogens is 5. The summed E-state index contributed by atoms with van der Waals surface area (Å²) in [7, 11) is 0.